The smallest absolute Gasteiger partial charge is 0.195 e. The van der Waals surface area contributed by atoms with Crippen molar-refractivity contribution >= 4 is 17.4 Å². The zero-order chi connectivity index (χ0) is 18.9. The first-order chi connectivity index (χ1) is 12.4. The quantitative estimate of drug-likeness (QED) is 0.830. The maximum absolute atomic E-state index is 15.5. The number of alkyl halides is 1. The van der Waals surface area contributed by atoms with Gasteiger partial charge in [-0.3, -0.25) is 9.78 Å². The van der Waals surface area contributed by atoms with Crippen molar-refractivity contribution in [1.29, 1.82) is 0 Å². The average molecular weight is 382 g/mol. The van der Waals surface area contributed by atoms with Crippen LogP contribution in [-0.4, -0.2) is 21.0 Å². The van der Waals surface area contributed by atoms with Crippen LogP contribution in [0.2, 0.25) is 5.02 Å². The van der Waals surface area contributed by atoms with Crippen molar-refractivity contribution in [3.8, 4) is 0 Å². The summed E-state index contributed by atoms with van der Waals surface area (Å²) >= 11 is 6.02. The van der Waals surface area contributed by atoms with Gasteiger partial charge >= 0.3 is 0 Å². The van der Waals surface area contributed by atoms with Crippen LogP contribution in [0.25, 0.3) is 0 Å². The third-order valence-corrected chi connectivity index (χ3v) is 5.15. The largest absolute Gasteiger partial charge is 0.392 e. The zero-order valence-corrected chi connectivity index (χ0v) is 14.6. The van der Waals surface area contributed by atoms with Crippen molar-refractivity contribution in [3.63, 3.8) is 0 Å². The molecule has 138 valence electrons. The molecule has 1 aromatic carbocycles. The van der Waals surface area contributed by atoms with Crippen LogP contribution in [0.15, 0.2) is 30.5 Å². The van der Waals surface area contributed by atoms with Gasteiger partial charge in [0, 0.05) is 23.2 Å². The van der Waals surface area contributed by atoms with Crippen LogP contribution in [0.3, 0.4) is 0 Å². The standard InChI is InChI=1S/C19H18ClF2NO3/c20-15-9-12(21)8-11(10-24)13(15)3-4-17(26)19(22)6-5-16(25)18-14(19)2-1-7-23-18/h1-2,7-9,16,24-25H,3-6,10H2/t16-,19-/m0/s1. The molecule has 7 heteroatoms. The lowest BCUT2D eigenvalue weighted by Gasteiger charge is -2.32. The van der Waals surface area contributed by atoms with Crippen LogP contribution < -0.4 is 0 Å². The zero-order valence-electron chi connectivity index (χ0n) is 13.9. The van der Waals surface area contributed by atoms with E-state index >= 15 is 4.39 Å². The van der Waals surface area contributed by atoms with Crippen molar-refractivity contribution < 1.29 is 23.8 Å². The lowest BCUT2D eigenvalue weighted by atomic mass is 9.77. The Kier molecular flexibility index (Phi) is 5.37. The molecule has 1 aliphatic carbocycles. The average Bonchev–Trinajstić information content (AvgIpc) is 2.63. The van der Waals surface area contributed by atoms with E-state index in [2.05, 4.69) is 4.98 Å². The summed E-state index contributed by atoms with van der Waals surface area (Å²) in [5.41, 5.74) is -1.25. The summed E-state index contributed by atoms with van der Waals surface area (Å²) in [5.74, 6) is -1.24. The van der Waals surface area contributed by atoms with Crippen LogP contribution >= 0.6 is 11.6 Å². The van der Waals surface area contributed by atoms with Gasteiger partial charge in [-0.15, -0.1) is 0 Å². The van der Waals surface area contributed by atoms with E-state index in [0.29, 0.717) is 5.56 Å². The highest BCUT2D eigenvalue weighted by Crippen LogP contribution is 2.43. The highest BCUT2D eigenvalue weighted by molar-refractivity contribution is 6.31. The molecule has 1 aliphatic rings. The second-order valence-electron chi connectivity index (χ2n) is 6.40. The van der Waals surface area contributed by atoms with Crippen LogP contribution in [0.1, 0.15) is 47.8 Å². The number of carbonyl (C=O) groups excluding carboxylic acids is 1. The Morgan fingerprint density at radius 2 is 2.19 bits per heavy atom. The second-order valence-corrected chi connectivity index (χ2v) is 6.81. The third kappa shape index (κ3) is 3.37. The molecule has 0 bridgehead atoms. The highest BCUT2D eigenvalue weighted by Gasteiger charge is 2.45. The first-order valence-electron chi connectivity index (χ1n) is 8.30. The van der Waals surface area contributed by atoms with Gasteiger partial charge in [0.25, 0.3) is 0 Å². The highest BCUT2D eigenvalue weighted by atomic mass is 35.5. The van der Waals surface area contributed by atoms with Crippen LogP contribution in [0, 0.1) is 5.82 Å². The molecule has 3 rings (SSSR count). The Bertz CT molecular complexity index is 846. The predicted octanol–water partition coefficient (Wildman–Crippen LogP) is 3.56. The number of pyridine rings is 1. The van der Waals surface area contributed by atoms with E-state index < -0.39 is 30.0 Å². The Hall–Kier alpha value is -1.89. The van der Waals surface area contributed by atoms with Gasteiger partial charge in [0.2, 0.25) is 0 Å². The van der Waals surface area contributed by atoms with Crippen molar-refractivity contribution in [2.45, 2.75) is 44.1 Å². The van der Waals surface area contributed by atoms with Gasteiger partial charge < -0.3 is 10.2 Å². The molecular weight excluding hydrogens is 364 g/mol. The number of aliphatic hydroxyl groups excluding tert-OH is 2. The number of ketones is 1. The van der Waals surface area contributed by atoms with E-state index in [4.69, 9.17) is 11.6 Å². The lowest BCUT2D eigenvalue weighted by Crippen LogP contribution is -2.37. The number of hydrogen-bond acceptors (Lipinski definition) is 4. The van der Waals surface area contributed by atoms with Gasteiger partial charge in [0.1, 0.15) is 5.82 Å². The fourth-order valence-electron chi connectivity index (χ4n) is 3.43. The number of benzene rings is 1. The summed E-state index contributed by atoms with van der Waals surface area (Å²) in [4.78, 5) is 16.7. The van der Waals surface area contributed by atoms with Gasteiger partial charge in [-0.2, -0.15) is 0 Å². The number of nitrogens with zero attached hydrogens (tertiary/aromatic N) is 1. The minimum absolute atomic E-state index is 0.0810. The van der Waals surface area contributed by atoms with Crippen LogP contribution in [0.4, 0.5) is 8.78 Å². The molecule has 4 nitrogen and oxygen atoms in total. The summed E-state index contributed by atoms with van der Waals surface area (Å²) in [6, 6.07) is 5.24. The van der Waals surface area contributed by atoms with Gasteiger partial charge in [-0.25, -0.2) is 8.78 Å². The Labute approximate surface area is 154 Å². The molecular formula is C19H18ClF2NO3. The molecule has 2 aromatic rings. The van der Waals surface area contributed by atoms with Crippen molar-refractivity contribution in [2.75, 3.05) is 0 Å². The van der Waals surface area contributed by atoms with E-state index in [1.165, 1.54) is 18.3 Å². The number of fused-ring (bicyclic) bond motifs is 1. The van der Waals surface area contributed by atoms with Crippen molar-refractivity contribution in [1.82, 2.24) is 4.98 Å². The number of aliphatic hydroxyl groups is 2. The fourth-order valence-corrected chi connectivity index (χ4v) is 3.75. The molecule has 0 aliphatic heterocycles. The number of rotatable bonds is 5. The first kappa shape index (κ1) is 18.9. The maximum Gasteiger partial charge on any atom is 0.195 e. The normalized spacial score (nSPS) is 22.1. The monoisotopic (exact) mass is 381 g/mol. The Morgan fingerprint density at radius 3 is 2.92 bits per heavy atom. The number of aromatic nitrogens is 1. The molecule has 26 heavy (non-hydrogen) atoms. The van der Waals surface area contributed by atoms with E-state index in [9.17, 15) is 19.4 Å². The molecule has 0 saturated heterocycles. The van der Waals surface area contributed by atoms with Crippen molar-refractivity contribution in [3.05, 3.63) is 63.7 Å². The van der Waals surface area contributed by atoms with E-state index in [1.807, 2.05) is 0 Å². The third-order valence-electron chi connectivity index (χ3n) is 4.81. The number of hydrogen-bond donors (Lipinski definition) is 2. The molecule has 0 unspecified atom stereocenters. The molecule has 0 amide bonds. The van der Waals surface area contributed by atoms with Gasteiger partial charge in [-0.1, -0.05) is 17.7 Å². The minimum Gasteiger partial charge on any atom is -0.392 e. The SMILES string of the molecule is O=C(CCc1c(Cl)cc(F)cc1CO)[C@]1(F)CC[C@H](O)c2ncccc21. The molecule has 0 spiro atoms. The van der Waals surface area contributed by atoms with Crippen LogP contribution in [-0.2, 0) is 23.5 Å². The molecule has 2 atom stereocenters. The molecule has 0 saturated carbocycles. The molecule has 0 fully saturated rings. The summed E-state index contributed by atoms with van der Waals surface area (Å²) in [6.07, 6.45) is 0.442. The summed E-state index contributed by atoms with van der Waals surface area (Å²) in [5, 5.41) is 19.5. The minimum atomic E-state index is -2.23. The fraction of sp³-hybridized carbons (Fsp3) is 0.368. The Morgan fingerprint density at radius 1 is 1.42 bits per heavy atom. The van der Waals surface area contributed by atoms with E-state index in [-0.39, 0.29) is 47.5 Å². The molecule has 2 N–H and O–H groups in total. The number of carbonyl (C=O) groups is 1. The van der Waals surface area contributed by atoms with Gasteiger partial charge in [0.15, 0.2) is 11.5 Å². The first-order valence-corrected chi connectivity index (χ1v) is 8.68. The summed E-state index contributed by atoms with van der Waals surface area (Å²) < 4.78 is 28.9. The molecule has 1 heterocycles. The summed E-state index contributed by atoms with van der Waals surface area (Å²) in [7, 11) is 0. The molecule has 1 aromatic heterocycles. The van der Waals surface area contributed by atoms with Gasteiger partial charge in [-0.05, 0) is 48.6 Å². The van der Waals surface area contributed by atoms with Crippen molar-refractivity contribution in [2.24, 2.45) is 0 Å². The maximum atomic E-state index is 15.5. The Balaban J connectivity index is 1.85. The predicted molar refractivity (Wildman–Crippen MR) is 91.9 cm³/mol. The second kappa shape index (κ2) is 7.39. The van der Waals surface area contributed by atoms with E-state index in [1.54, 1.807) is 0 Å². The molecule has 0 radical (unpaired) electrons. The summed E-state index contributed by atoms with van der Waals surface area (Å²) in [6.45, 7) is -0.430. The van der Waals surface area contributed by atoms with Gasteiger partial charge in [0.05, 0.1) is 18.4 Å². The number of halogens is 3. The van der Waals surface area contributed by atoms with Crippen LogP contribution in [0.5, 0.6) is 0 Å². The number of Topliss-reactive ketones (excluding diaryl/α,β-unsaturated/α-hetero) is 1. The lowest BCUT2D eigenvalue weighted by molar-refractivity contribution is -0.133. The van der Waals surface area contributed by atoms with E-state index in [0.717, 1.165) is 12.1 Å². The topological polar surface area (TPSA) is 70.4 Å².